The van der Waals surface area contributed by atoms with Crippen molar-refractivity contribution in [2.75, 3.05) is 11.4 Å². The Kier molecular flexibility index (Phi) is 4.11. The number of ether oxygens (including phenoxy) is 1. The maximum atomic E-state index is 13.3. The highest BCUT2D eigenvalue weighted by Crippen LogP contribution is 2.39. The standard InChI is InChI=1S/C22H21N3O3/c1-2-17-13-25(18-8-3-4-9-19(18)27-17)22(26)16-7-5-6-15(12-16)20-23-21(28-24-20)14-10-11-14/h3-9,12,14,17H,2,10-11,13H2,1H3/t17-/m0/s1. The van der Waals surface area contributed by atoms with E-state index in [-0.39, 0.29) is 12.0 Å². The number of rotatable bonds is 4. The molecule has 1 fully saturated rings. The van der Waals surface area contributed by atoms with E-state index < -0.39 is 0 Å². The minimum absolute atomic E-state index is 0.0136. The number of nitrogens with zero attached hydrogens (tertiary/aromatic N) is 3. The van der Waals surface area contributed by atoms with Gasteiger partial charge in [-0.2, -0.15) is 4.98 Å². The van der Waals surface area contributed by atoms with Gasteiger partial charge in [0.2, 0.25) is 11.7 Å². The maximum Gasteiger partial charge on any atom is 0.258 e. The summed E-state index contributed by atoms with van der Waals surface area (Å²) in [4.78, 5) is 19.6. The third-order valence-electron chi connectivity index (χ3n) is 5.27. The number of benzene rings is 2. The Hall–Kier alpha value is -3.15. The summed E-state index contributed by atoms with van der Waals surface area (Å²) in [7, 11) is 0. The number of amides is 1. The maximum absolute atomic E-state index is 13.3. The summed E-state index contributed by atoms with van der Waals surface area (Å²) in [6.07, 6.45) is 3.04. The predicted octanol–water partition coefficient (Wildman–Crippen LogP) is 4.43. The highest BCUT2D eigenvalue weighted by Gasteiger charge is 2.31. The summed E-state index contributed by atoms with van der Waals surface area (Å²) < 4.78 is 11.4. The molecule has 28 heavy (non-hydrogen) atoms. The molecule has 6 nitrogen and oxygen atoms in total. The zero-order chi connectivity index (χ0) is 19.1. The molecule has 2 aromatic carbocycles. The molecule has 6 heteroatoms. The summed E-state index contributed by atoms with van der Waals surface area (Å²) in [6.45, 7) is 2.60. The van der Waals surface area contributed by atoms with Crippen LogP contribution in [-0.2, 0) is 0 Å². The summed E-state index contributed by atoms with van der Waals surface area (Å²) in [5.74, 6) is 2.33. The second-order valence-corrected chi connectivity index (χ2v) is 7.34. The summed E-state index contributed by atoms with van der Waals surface area (Å²) in [5, 5.41) is 4.09. The Morgan fingerprint density at radius 1 is 1.18 bits per heavy atom. The molecule has 142 valence electrons. The van der Waals surface area contributed by atoms with Gasteiger partial charge in [-0.05, 0) is 43.5 Å². The molecule has 0 unspecified atom stereocenters. The fraction of sp³-hybridized carbons (Fsp3) is 0.318. The first-order chi connectivity index (χ1) is 13.7. The van der Waals surface area contributed by atoms with Gasteiger partial charge < -0.3 is 14.2 Å². The molecule has 1 aliphatic carbocycles. The first-order valence-electron chi connectivity index (χ1n) is 9.74. The highest BCUT2D eigenvalue weighted by atomic mass is 16.5. The zero-order valence-electron chi connectivity index (χ0n) is 15.7. The van der Waals surface area contributed by atoms with Crippen LogP contribution in [0.2, 0.25) is 0 Å². The van der Waals surface area contributed by atoms with Crippen LogP contribution in [0.3, 0.4) is 0 Å². The molecule has 0 saturated heterocycles. The van der Waals surface area contributed by atoms with E-state index in [4.69, 9.17) is 9.26 Å². The van der Waals surface area contributed by atoms with Crippen LogP contribution in [-0.4, -0.2) is 28.7 Å². The lowest BCUT2D eigenvalue weighted by atomic mass is 10.1. The minimum atomic E-state index is -0.0537. The van der Waals surface area contributed by atoms with Crippen LogP contribution in [0.15, 0.2) is 53.1 Å². The Morgan fingerprint density at radius 3 is 2.86 bits per heavy atom. The first kappa shape index (κ1) is 17.0. The molecule has 0 N–H and O–H groups in total. The number of hydrogen-bond donors (Lipinski definition) is 0. The van der Waals surface area contributed by atoms with Gasteiger partial charge in [-0.3, -0.25) is 4.79 Å². The number of hydrogen-bond acceptors (Lipinski definition) is 5. The lowest BCUT2D eigenvalue weighted by Gasteiger charge is -2.34. The van der Waals surface area contributed by atoms with Gasteiger partial charge in [-0.15, -0.1) is 0 Å². The molecule has 1 aliphatic heterocycles. The molecule has 1 amide bonds. The van der Waals surface area contributed by atoms with Crippen LogP contribution in [0.1, 0.15) is 48.4 Å². The average molecular weight is 375 g/mol. The van der Waals surface area contributed by atoms with Crippen molar-refractivity contribution in [1.82, 2.24) is 10.1 Å². The number of carbonyl (C=O) groups is 1. The molecule has 2 heterocycles. The van der Waals surface area contributed by atoms with Crippen LogP contribution >= 0.6 is 0 Å². The molecular formula is C22H21N3O3. The van der Waals surface area contributed by atoms with E-state index in [9.17, 15) is 4.79 Å². The van der Waals surface area contributed by atoms with E-state index in [0.29, 0.717) is 29.7 Å². The SMILES string of the molecule is CC[C@H]1CN(C(=O)c2cccc(-c3noc(C4CC4)n3)c2)c2ccccc2O1. The molecule has 1 aromatic heterocycles. The molecule has 0 spiro atoms. The molecule has 0 radical (unpaired) electrons. The van der Waals surface area contributed by atoms with E-state index in [0.717, 1.165) is 36.3 Å². The fourth-order valence-electron chi connectivity index (χ4n) is 3.50. The van der Waals surface area contributed by atoms with E-state index in [2.05, 4.69) is 17.1 Å². The van der Waals surface area contributed by atoms with Crippen molar-refractivity contribution >= 4 is 11.6 Å². The Morgan fingerprint density at radius 2 is 2.04 bits per heavy atom. The van der Waals surface area contributed by atoms with Crippen LogP contribution < -0.4 is 9.64 Å². The minimum Gasteiger partial charge on any atom is -0.486 e. The second kappa shape index (κ2) is 6.78. The Labute approximate surface area is 163 Å². The summed E-state index contributed by atoms with van der Waals surface area (Å²) in [6, 6.07) is 15.1. The van der Waals surface area contributed by atoms with Gasteiger partial charge in [0, 0.05) is 17.0 Å². The Balaban J connectivity index is 1.46. The molecular weight excluding hydrogens is 354 g/mol. The summed E-state index contributed by atoms with van der Waals surface area (Å²) in [5.41, 5.74) is 2.19. The topological polar surface area (TPSA) is 68.5 Å². The van der Waals surface area contributed by atoms with E-state index in [1.807, 2.05) is 48.5 Å². The van der Waals surface area contributed by atoms with Gasteiger partial charge in [-0.25, -0.2) is 0 Å². The number of fused-ring (bicyclic) bond motifs is 1. The molecule has 1 atom stereocenters. The van der Waals surface area contributed by atoms with Gasteiger partial charge >= 0.3 is 0 Å². The average Bonchev–Trinajstić information content (AvgIpc) is 3.49. The number of carbonyl (C=O) groups excluding carboxylic acids is 1. The van der Waals surface area contributed by atoms with Crippen molar-refractivity contribution in [1.29, 1.82) is 0 Å². The third-order valence-corrected chi connectivity index (χ3v) is 5.27. The van der Waals surface area contributed by atoms with Crippen LogP contribution in [0.5, 0.6) is 5.75 Å². The van der Waals surface area contributed by atoms with E-state index in [1.165, 1.54) is 0 Å². The van der Waals surface area contributed by atoms with Crippen molar-refractivity contribution in [3.8, 4) is 17.1 Å². The van der Waals surface area contributed by atoms with Crippen LogP contribution in [0, 0.1) is 0 Å². The molecule has 1 saturated carbocycles. The van der Waals surface area contributed by atoms with Crippen LogP contribution in [0.4, 0.5) is 5.69 Å². The lowest BCUT2D eigenvalue weighted by molar-refractivity contribution is 0.0954. The number of para-hydroxylation sites is 2. The van der Waals surface area contributed by atoms with Gasteiger partial charge in [0.05, 0.1) is 12.2 Å². The van der Waals surface area contributed by atoms with Crippen molar-refractivity contribution in [3.63, 3.8) is 0 Å². The van der Waals surface area contributed by atoms with Crippen molar-refractivity contribution in [2.45, 2.75) is 38.2 Å². The van der Waals surface area contributed by atoms with Gasteiger partial charge in [0.15, 0.2) is 0 Å². The van der Waals surface area contributed by atoms with E-state index >= 15 is 0 Å². The molecule has 0 bridgehead atoms. The third kappa shape index (κ3) is 3.05. The van der Waals surface area contributed by atoms with Crippen molar-refractivity contribution in [3.05, 3.63) is 60.0 Å². The number of anilines is 1. The normalized spacial score (nSPS) is 18.5. The van der Waals surface area contributed by atoms with Gasteiger partial charge in [-0.1, -0.05) is 36.3 Å². The van der Waals surface area contributed by atoms with Crippen molar-refractivity contribution in [2.24, 2.45) is 0 Å². The number of aromatic nitrogens is 2. The van der Waals surface area contributed by atoms with Gasteiger partial charge in [0.1, 0.15) is 11.9 Å². The summed E-state index contributed by atoms with van der Waals surface area (Å²) >= 11 is 0. The fourth-order valence-corrected chi connectivity index (χ4v) is 3.50. The van der Waals surface area contributed by atoms with E-state index in [1.54, 1.807) is 4.90 Å². The molecule has 3 aromatic rings. The molecule has 5 rings (SSSR count). The van der Waals surface area contributed by atoms with Crippen LogP contribution in [0.25, 0.3) is 11.4 Å². The second-order valence-electron chi connectivity index (χ2n) is 7.34. The Bertz CT molecular complexity index is 1030. The highest BCUT2D eigenvalue weighted by molar-refractivity contribution is 6.07. The smallest absolute Gasteiger partial charge is 0.258 e. The quantitative estimate of drug-likeness (QED) is 0.675. The largest absolute Gasteiger partial charge is 0.486 e. The monoisotopic (exact) mass is 375 g/mol. The van der Waals surface area contributed by atoms with Gasteiger partial charge in [0.25, 0.3) is 5.91 Å². The van der Waals surface area contributed by atoms with Crippen molar-refractivity contribution < 1.29 is 14.1 Å². The molecule has 2 aliphatic rings. The first-order valence-corrected chi connectivity index (χ1v) is 9.74. The predicted molar refractivity (Wildman–Crippen MR) is 105 cm³/mol. The zero-order valence-corrected chi connectivity index (χ0v) is 15.7. The lowest BCUT2D eigenvalue weighted by Crippen LogP contribution is -2.43.